The Labute approximate surface area is 113 Å². The summed E-state index contributed by atoms with van der Waals surface area (Å²) >= 11 is 0. The van der Waals surface area contributed by atoms with Gasteiger partial charge in [-0.1, -0.05) is 12.8 Å². The summed E-state index contributed by atoms with van der Waals surface area (Å²) in [6, 6.07) is 5.42. The topological polar surface area (TPSA) is 53.1 Å². The van der Waals surface area contributed by atoms with E-state index in [1.165, 1.54) is 38.2 Å². The third-order valence-electron chi connectivity index (χ3n) is 4.58. The van der Waals surface area contributed by atoms with E-state index in [9.17, 15) is 4.39 Å². The van der Waals surface area contributed by atoms with E-state index in [4.69, 9.17) is 11.1 Å². The fourth-order valence-corrected chi connectivity index (χ4v) is 3.61. The predicted molar refractivity (Wildman–Crippen MR) is 75.1 cm³/mol. The number of halogens is 1. The zero-order valence-electron chi connectivity index (χ0n) is 11.0. The second-order valence-electron chi connectivity index (χ2n) is 5.67. The molecule has 1 saturated heterocycles. The van der Waals surface area contributed by atoms with Crippen molar-refractivity contribution in [2.24, 2.45) is 11.7 Å². The molecule has 2 unspecified atom stereocenters. The number of hydrogen-bond acceptors (Lipinski definition) is 2. The highest BCUT2D eigenvalue weighted by molar-refractivity contribution is 5.95. The van der Waals surface area contributed by atoms with E-state index in [2.05, 4.69) is 4.90 Å². The van der Waals surface area contributed by atoms with Crippen LogP contribution in [0.1, 0.15) is 37.7 Å². The lowest BCUT2D eigenvalue weighted by atomic mass is 9.85. The van der Waals surface area contributed by atoms with Gasteiger partial charge in [-0.25, -0.2) is 4.39 Å². The van der Waals surface area contributed by atoms with Crippen LogP contribution in [-0.4, -0.2) is 18.4 Å². The number of hydrogen-bond donors (Lipinski definition) is 2. The standard InChI is InChI=1S/C15H20FN3/c16-12-9-11(15(17)18)5-6-14(12)19-8-7-10-3-1-2-4-13(10)19/h5-6,9-10,13H,1-4,7-8H2,(H3,17,18). The molecule has 1 aliphatic heterocycles. The molecule has 4 heteroatoms. The van der Waals surface area contributed by atoms with E-state index in [-0.39, 0.29) is 11.7 Å². The first-order valence-corrected chi connectivity index (χ1v) is 7.07. The minimum atomic E-state index is -0.251. The van der Waals surface area contributed by atoms with Crippen LogP contribution in [0.25, 0.3) is 0 Å². The fourth-order valence-electron chi connectivity index (χ4n) is 3.61. The maximum Gasteiger partial charge on any atom is 0.147 e. The Balaban J connectivity index is 1.88. The summed E-state index contributed by atoms with van der Waals surface area (Å²) in [5.74, 6) is 0.405. The number of fused-ring (bicyclic) bond motifs is 1. The summed E-state index contributed by atoms with van der Waals surface area (Å²) in [4.78, 5) is 2.23. The van der Waals surface area contributed by atoms with Crippen LogP contribution in [0.3, 0.4) is 0 Å². The molecule has 0 spiro atoms. The smallest absolute Gasteiger partial charge is 0.147 e. The molecule has 2 fully saturated rings. The zero-order chi connectivity index (χ0) is 13.4. The number of nitrogens with two attached hydrogens (primary N) is 1. The van der Waals surface area contributed by atoms with Crippen molar-refractivity contribution in [2.75, 3.05) is 11.4 Å². The predicted octanol–water partition coefficient (Wildman–Crippen LogP) is 2.88. The van der Waals surface area contributed by atoms with Crippen molar-refractivity contribution in [3.63, 3.8) is 0 Å². The zero-order valence-corrected chi connectivity index (χ0v) is 11.0. The van der Waals surface area contributed by atoms with Gasteiger partial charge in [0, 0.05) is 18.2 Å². The molecule has 0 bridgehead atoms. The van der Waals surface area contributed by atoms with Crippen molar-refractivity contribution in [2.45, 2.75) is 38.1 Å². The van der Waals surface area contributed by atoms with Gasteiger partial charge in [0.2, 0.25) is 0 Å². The number of benzene rings is 1. The summed E-state index contributed by atoms with van der Waals surface area (Å²) in [5.41, 5.74) is 6.53. The maximum absolute atomic E-state index is 14.2. The molecular formula is C15H20FN3. The molecule has 1 saturated carbocycles. The second kappa shape index (κ2) is 4.83. The van der Waals surface area contributed by atoms with Crippen LogP contribution in [0.4, 0.5) is 10.1 Å². The molecule has 2 atom stereocenters. The van der Waals surface area contributed by atoms with E-state index < -0.39 is 0 Å². The van der Waals surface area contributed by atoms with Crippen molar-refractivity contribution >= 4 is 11.5 Å². The Kier molecular flexibility index (Phi) is 3.17. The van der Waals surface area contributed by atoms with E-state index in [0.29, 0.717) is 17.3 Å². The minimum absolute atomic E-state index is 0.0811. The summed E-state index contributed by atoms with van der Waals surface area (Å²) < 4.78 is 14.2. The maximum atomic E-state index is 14.2. The molecule has 3 nitrogen and oxygen atoms in total. The number of amidine groups is 1. The number of nitrogens with one attached hydrogen (secondary N) is 1. The van der Waals surface area contributed by atoms with Gasteiger partial charge in [-0.15, -0.1) is 0 Å². The van der Waals surface area contributed by atoms with Gasteiger partial charge in [-0.3, -0.25) is 5.41 Å². The molecule has 2 aliphatic rings. The Morgan fingerprint density at radius 3 is 2.79 bits per heavy atom. The molecule has 1 aliphatic carbocycles. The quantitative estimate of drug-likeness (QED) is 0.635. The first kappa shape index (κ1) is 12.5. The van der Waals surface area contributed by atoms with Crippen LogP contribution < -0.4 is 10.6 Å². The van der Waals surface area contributed by atoms with Gasteiger partial charge >= 0.3 is 0 Å². The van der Waals surface area contributed by atoms with E-state index >= 15 is 0 Å². The number of nitrogen functional groups attached to an aromatic ring is 1. The lowest BCUT2D eigenvalue weighted by molar-refractivity contribution is 0.341. The van der Waals surface area contributed by atoms with Crippen molar-refractivity contribution in [1.29, 1.82) is 5.41 Å². The van der Waals surface area contributed by atoms with Crippen LogP contribution in [0.2, 0.25) is 0 Å². The Morgan fingerprint density at radius 2 is 2.05 bits per heavy atom. The summed E-state index contributed by atoms with van der Waals surface area (Å²) in [7, 11) is 0. The Bertz CT molecular complexity index is 500. The molecule has 1 heterocycles. The van der Waals surface area contributed by atoms with Gasteiger partial charge < -0.3 is 10.6 Å². The minimum Gasteiger partial charge on any atom is -0.384 e. The normalized spacial score (nSPS) is 26.3. The highest BCUT2D eigenvalue weighted by Gasteiger charge is 2.36. The first-order chi connectivity index (χ1) is 9.16. The SMILES string of the molecule is N=C(N)c1ccc(N2CCC3CCCCC32)c(F)c1. The van der Waals surface area contributed by atoms with Gasteiger partial charge in [0.25, 0.3) is 0 Å². The summed E-state index contributed by atoms with van der Waals surface area (Å²) in [5, 5.41) is 7.36. The van der Waals surface area contributed by atoms with E-state index in [1.54, 1.807) is 12.1 Å². The largest absolute Gasteiger partial charge is 0.384 e. The van der Waals surface area contributed by atoms with Crippen LogP contribution >= 0.6 is 0 Å². The van der Waals surface area contributed by atoms with Gasteiger partial charge in [0.05, 0.1) is 5.69 Å². The van der Waals surface area contributed by atoms with Gasteiger partial charge in [0.15, 0.2) is 0 Å². The molecule has 0 aromatic heterocycles. The summed E-state index contributed by atoms with van der Waals surface area (Å²) in [6.07, 6.45) is 6.22. The molecule has 3 rings (SSSR count). The van der Waals surface area contributed by atoms with Crippen LogP contribution in [-0.2, 0) is 0 Å². The van der Waals surface area contributed by atoms with Crippen molar-refractivity contribution < 1.29 is 4.39 Å². The molecule has 1 aromatic carbocycles. The average Bonchev–Trinajstić information content (AvgIpc) is 2.82. The van der Waals surface area contributed by atoms with Gasteiger partial charge in [0.1, 0.15) is 11.7 Å². The highest BCUT2D eigenvalue weighted by atomic mass is 19.1. The molecule has 3 N–H and O–H groups in total. The number of anilines is 1. The van der Waals surface area contributed by atoms with Crippen LogP contribution in [0.5, 0.6) is 0 Å². The van der Waals surface area contributed by atoms with Crippen molar-refractivity contribution in [1.82, 2.24) is 0 Å². The van der Waals surface area contributed by atoms with E-state index in [1.807, 2.05) is 0 Å². The van der Waals surface area contributed by atoms with Crippen molar-refractivity contribution in [3.05, 3.63) is 29.6 Å². The molecule has 102 valence electrons. The van der Waals surface area contributed by atoms with Gasteiger partial charge in [-0.2, -0.15) is 0 Å². The number of nitrogens with zero attached hydrogens (tertiary/aromatic N) is 1. The lowest BCUT2D eigenvalue weighted by Crippen LogP contribution is -2.35. The van der Waals surface area contributed by atoms with Crippen LogP contribution in [0.15, 0.2) is 18.2 Å². The summed E-state index contributed by atoms with van der Waals surface area (Å²) in [6.45, 7) is 0.950. The molecule has 1 aromatic rings. The molecule has 0 amide bonds. The lowest BCUT2D eigenvalue weighted by Gasteiger charge is -2.33. The Hall–Kier alpha value is -1.58. The molecule has 19 heavy (non-hydrogen) atoms. The second-order valence-corrected chi connectivity index (χ2v) is 5.67. The number of rotatable bonds is 2. The van der Waals surface area contributed by atoms with Gasteiger partial charge in [-0.05, 0) is 43.4 Å². The average molecular weight is 261 g/mol. The van der Waals surface area contributed by atoms with Crippen LogP contribution in [0, 0.1) is 17.1 Å². The van der Waals surface area contributed by atoms with E-state index in [0.717, 1.165) is 12.5 Å². The highest BCUT2D eigenvalue weighted by Crippen LogP contribution is 2.39. The third-order valence-corrected chi connectivity index (χ3v) is 4.58. The fraction of sp³-hybridized carbons (Fsp3) is 0.533. The Morgan fingerprint density at radius 1 is 1.26 bits per heavy atom. The molecular weight excluding hydrogens is 241 g/mol. The third kappa shape index (κ3) is 2.20. The van der Waals surface area contributed by atoms with Crippen molar-refractivity contribution in [3.8, 4) is 0 Å². The first-order valence-electron chi connectivity index (χ1n) is 7.07. The molecule has 0 radical (unpaired) electrons. The monoisotopic (exact) mass is 261 g/mol.